The van der Waals surface area contributed by atoms with Gasteiger partial charge in [0.2, 0.25) is 0 Å². The molecule has 2 heterocycles. The second-order valence-corrected chi connectivity index (χ2v) is 6.02. The van der Waals surface area contributed by atoms with Crippen LogP contribution in [-0.2, 0) is 0 Å². The highest BCUT2D eigenvalue weighted by Gasteiger charge is 2.25. The molecule has 0 aromatic carbocycles. The molecule has 1 aliphatic rings. The molecule has 1 aromatic rings. The minimum absolute atomic E-state index is 0. The summed E-state index contributed by atoms with van der Waals surface area (Å²) in [6, 6.07) is 3.33. The largest absolute Gasteiger partial charge is 0.356 e. The first-order chi connectivity index (χ1) is 11.2. The Kier molecular flexibility index (Phi) is 9.31. The highest BCUT2D eigenvalue weighted by atomic mass is 127. The van der Waals surface area contributed by atoms with Crippen LogP contribution < -0.4 is 15.5 Å². The number of guanidine groups is 1. The van der Waals surface area contributed by atoms with E-state index in [1.807, 2.05) is 4.90 Å². The lowest BCUT2D eigenvalue weighted by molar-refractivity contribution is 0.479. The standard InChI is InChI=1S/C17H28FN5.HI/c1-4-13(5-2)11-21-17(19-3)22-14-8-10-23(12-14)16-15(18)7-6-9-20-16;/h6-7,9,13-14H,4-5,8,10-12H2,1-3H3,(H2,19,21,22);1H. The fourth-order valence-corrected chi connectivity index (χ4v) is 2.89. The number of nitrogens with zero attached hydrogens (tertiary/aromatic N) is 3. The number of nitrogens with one attached hydrogen (secondary N) is 2. The highest BCUT2D eigenvalue weighted by Crippen LogP contribution is 2.20. The molecule has 0 spiro atoms. The molecule has 0 amide bonds. The van der Waals surface area contributed by atoms with Gasteiger partial charge in [-0.1, -0.05) is 26.7 Å². The van der Waals surface area contributed by atoms with E-state index in [4.69, 9.17) is 0 Å². The molecule has 0 radical (unpaired) electrons. The topological polar surface area (TPSA) is 52.6 Å². The molecule has 5 nitrogen and oxygen atoms in total. The molecule has 1 aliphatic heterocycles. The number of hydrogen-bond acceptors (Lipinski definition) is 3. The second-order valence-electron chi connectivity index (χ2n) is 6.02. The van der Waals surface area contributed by atoms with Crippen molar-refractivity contribution in [3.63, 3.8) is 0 Å². The van der Waals surface area contributed by atoms with Crippen LogP contribution in [0.5, 0.6) is 0 Å². The molecule has 0 bridgehead atoms. The van der Waals surface area contributed by atoms with Crippen molar-refractivity contribution in [2.45, 2.75) is 39.2 Å². The van der Waals surface area contributed by atoms with Crippen LogP contribution >= 0.6 is 24.0 Å². The Morgan fingerprint density at radius 2 is 2.21 bits per heavy atom. The molecule has 0 aliphatic carbocycles. The Bertz CT molecular complexity index is 521. The van der Waals surface area contributed by atoms with E-state index in [1.165, 1.54) is 6.07 Å². The van der Waals surface area contributed by atoms with Crippen LogP contribution in [0.15, 0.2) is 23.3 Å². The van der Waals surface area contributed by atoms with E-state index in [0.29, 0.717) is 11.7 Å². The maximum Gasteiger partial charge on any atom is 0.191 e. The lowest BCUT2D eigenvalue weighted by Crippen LogP contribution is -2.45. The van der Waals surface area contributed by atoms with Crippen molar-refractivity contribution in [3.05, 3.63) is 24.1 Å². The van der Waals surface area contributed by atoms with Gasteiger partial charge < -0.3 is 15.5 Å². The summed E-state index contributed by atoms with van der Waals surface area (Å²) in [4.78, 5) is 10.4. The van der Waals surface area contributed by atoms with Crippen molar-refractivity contribution in [2.24, 2.45) is 10.9 Å². The summed E-state index contributed by atoms with van der Waals surface area (Å²) >= 11 is 0. The maximum absolute atomic E-state index is 13.8. The lowest BCUT2D eigenvalue weighted by Gasteiger charge is -2.21. The molecule has 2 rings (SSSR count). The van der Waals surface area contributed by atoms with Gasteiger partial charge in [0.1, 0.15) is 0 Å². The van der Waals surface area contributed by atoms with Crippen molar-refractivity contribution in [1.82, 2.24) is 15.6 Å². The monoisotopic (exact) mass is 449 g/mol. The first kappa shape index (κ1) is 20.9. The van der Waals surface area contributed by atoms with E-state index in [2.05, 4.69) is 34.5 Å². The van der Waals surface area contributed by atoms with Gasteiger partial charge in [-0.25, -0.2) is 9.37 Å². The Hall–Kier alpha value is -1.12. The van der Waals surface area contributed by atoms with E-state index in [-0.39, 0.29) is 35.8 Å². The molecular formula is C17H29FIN5. The van der Waals surface area contributed by atoms with Gasteiger partial charge in [0.25, 0.3) is 0 Å². The molecule has 1 atom stereocenters. The molecule has 1 saturated heterocycles. The summed E-state index contributed by atoms with van der Waals surface area (Å²) in [6.45, 7) is 6.89. The maximum atomic E-state index is 13.8. The van der Waals surface area contributed by atoms with Crippen molar-refractivity contribution in [1.29, 1.82) is 0 Å². The molecule has 24 heavy (non-hydrogen) atoms. The van der Waals surface area contributed by atoms with Gasteiger partial charge in [-0.2, -0.15) is 0 Å². The summed E-state index contributed by atoms with van der Waals surface area (Å²) in [7, 11) is 1.79. The normalized spacial score (nSPS) is 17.8. The average Bonchev–Trinajstić information content (AvgIpc) is 3.03. The van der Waals surface area contributed by atoms with Gasteiger partial charge in [0.15, 0.2) is 17.6 Å². The number of rotatable bonds is 6. The first-order valence-electron chi connectivity index (χ1n) is 8.50. The third kappa shape index (κ3) is 5.75. The lowest BCUT2D eigenvalue weighted by atomic mass is 10.0. The molecule has 0 saturated carbocycles. The molecule has 136 valence electrons. The summed E-state index contributed by atoms with van der Waals surface area (Å²) in [5, 5.41) is 6.83. The first-order valence-corrected chi connectivity index (χ1v) is 8.50. The third-order valence-corrected chi connectivity index (χ3v) is 4.50. The molecule has 1 fully saturated rings. The van der Waals surface area contributed by atoms with Crippen LogP contribution in [0.25, 0.3) is 0 Å². The van der Waals surface area contributed by atoms with Crippen molar-refractivity contribution < 1.29 is 4.39 Å². The number of halogens is 2. The van der Waals surface area contributed by atoms with E-state index < -0.39 is 0 Å². The van der Waals surface area contributed by atoms with Gasteiger partial charge in [0, 0.05) is 38.9 Å². The van der Waals surface area contributed by atoms with E-state index in [1.54, 1.807) is 19.3 Å². The Morgan fingerprint density at radius 3 is 2.83 bits per heavy atom. The van der Waals surface area contributed by atoms with Crippen molar-refractivity contribution >= 4 is 35.8 Å². The zero-order valence-electron chi connectivity index (χ0n) is 14.8. The number of aromatic nitrogens is 1. The molecular weight excluding hydrogens is 420 g/mol. The third-order valence-electron chi connectivity index (χ3n) is 4.50. The zero-order chi connectivity index (χ0) is 16.7. The number of hydrogen-bond donors (Lipinski definition) is 2. The van der Waals surface area contributed by atoms with Crippen LogP contribution in [-0.4, -0.2) is 43.7 Å². The van der Waals surface area contributed by atoms with Crippen LogP contribution in [0.2, 0.25) is 0 Å². The summed E-state index contributed by atoms with van der Waals surface area (Å²) < 4.78 is 13.8. The number of aliphatic imine (C=N–C) groups is 1. The fourth-order valence-electron chi connectivity index (χ4n) is 2.89. The Morgan fingerprint density at radius 1 is 1.46 bits per heavy atom. The Labute approximate surface area is 161 Å². The summed E-state index contributed by atoms with van der Waals surface area (Å²) in [6.07, 6.45) is 4.91. The Balaban J connectivity index is 0.00000288. The minimum Gasteiger partial charge on any atom is -0.356 e. The molecule has 2 N–H and O–H groups in total. The van der Waals surface area contributed by atoms with E-state index >= 15 is 0 Å². The minimum atomic E-state index is -0.260. The van der Waals surface area contributed by atoms with Gasteiger partial charge in [-0.15, -0.1) is 24.0 Å². The van der Waals surface area contributed by atoms with Gasteiger partial charge in [-0.05, 0) is 24.5 Å². The highest BCUT2D eigenvalue weighted by molar-refractivity contribution is 14.0. The quantitative estimate of drug-likeness (QED) is 0.399. The van der Waals surface area contributed by atoms with Crippen LogP contribution in [0, 0.1) is 11.7 Å². The molecule has 1 aromatic heterocycles. The van der Waals surface area contributed by atoms with E-state index in [9.17, 15) is 4.39 Å². The van der Waals surface area contributed by atoms with Gasteiger partial charge in [0.05, 0.1) is 0 Å². The summed E-state index contributed by atoms with van der Waals surface area (Å²) in [5.74, 6) is 1.67. The predicted octanol–water partition coefficient (Wildman–Crippen LogP) is 3.02. The van der Waals surface area contributed by atoms with Crippen LogP contribution in [0.3, 0.4) is 0 Å². The van der Waals surface area contributed by atoms with Crippen LogP contribution in [0.1, 0.15) is 33.1 Å². The van der Waals surface area contributed by atoms with Gasteiger partial charge in [-0.3, -0.25) is 4.99 Å². The number of anilines is 1. The van der Waals surface area contributed by atoms with E-state index in [0.717, 1.165) is 44.9 Å². The summed E-state index contributed by atoms with van der Waals surface area (Å²) in [5.41, 5.74) is 0. The fraction of sp³-hybridized carbons (Fsp3) is 0.647. The van der Waals surface area contributed by atoms with Gasteiger partial charge >= 0.3 is 0 Å². The predicted molar refractivity (Wildman–Crippen MR) is 109 cm³/mol. The average molecular weight is 449 g/mol. The zero-order valence-corrected chi connectivity index (χ0v) is 17.1. The second kappa shape index (κ2) is 10.7. The smallest absolute Gasteiger partial charge is 0.191 e. The van der Waals surface area contributed by atoms with Crippen molar-refractivity contribution in [2.75, 3.05) is 31.6 Å². The molecule has 1 unspecified atom stereocenters. The SMILES string of the molecule is CCC(CC)CNC(=NC)NC1CCN(c2ncccc2F)C1.I. The van der Waals surface area contributed by atoms with Crippen LogP contribution in [0.4, 0.5) is 10.2 Å². The van der Waals surface area contributed by atoms with Crippen molar-refractivity contribution in [3.8, 4) is 0 Å². The molecule has 7 heteroatoms. The number of pyridine rings is 1.